The maximum atomic E-state index is 5.74. The summed E-state index contributed by atoms with van der Waals surface area (Å²) in [5.74, 6) is 0.941. The summed E-state index contributed by atoms with van der Waals surface area (Å²) in [7, 11) is 1.99. The SMILES string of the molecule is CNC(C)Cc1ccc(OCCCn2ccnc2)cc1. The Labute approximate surface area is 120 Å². The van der Waals surface area contributed by atoms with Gasteiger partial charge in [0, 0.05) is 25.0 Å². The lowest BCUT2D eigenvalue weighted by molar-refractivity contribution is 0.301. The van der Waals surface area contributed by atoms with Crippen molar-refractivity contribution in [2.45, 2.75) is 32.4 Å². The Morgan fingerprint density at radius 2 is 2.10 bits per heavy atom. The van der Waals surface area contributed by atoms with Crippen LogP contribution in [0.5, 0.6) is 5.75 Å². The minimum absolute atomic E-state index is 0.497. The molecular formula is C16H23N3O. The van der Waals surface area contributed by atoms with Crippen LogP contribution in [0.3, 0.4) is 0 Å². The van der Waals surface area contributed by atoms with Crippen LogP contribution < -0.4 is 10.1 Å². The summed E-state index contributed by atoms with van der Waals surface area (Å²) in [6.07, 6.45) is 7.62. The molecule has 2 aromatic rings. The molecule has 0 spiro atoms. The summed E-state index contributed by atoms with van der Waals surface area (Å²) < 4.78 is 7.80. The topological polar surface area (TPSA) is 39.1 Å². The standard InChI is InChI=1S/C16H23N3O/c1-14(17-2)12-15-4-6-16(7-5-15)20-11-3-9-19-10-8-18-13-19/h4-8,10,13-14,17H,3,9,11-12H2,1-2H3. The van der Waals surface area contributed by atoms with Gasteiger partial charge in [0.25, 0.3) is 0 Å². The lowest BCUT2D eigenvalue weighted by atomic mass is 10.1. The highest BCUT2D eigenvalue weighted by Gasteiger charge is 2.01. The van der Waals surface area contributed by atoms with Crippen LogP contribution in [0.15, 0.2) is 43.0 Å². The van der Waals surface area contributed by atoms with E-state index in [0.29, 0.717) is 6.04 Å². The second kappa shape index (κ2) is 7.70. The molecule has 0 bridgehead atoms. The van der Waals surface area contributed by atoms with E-state index in [4.69, 9.17) is 4.74 Å². The average molecular weight is 273 g/mol. The van der Waals surface area contributed by atoms with Gasteiger partial charge in [0.05, 0.1) is 12.9 Å². The molecule has 0 saturated heterocycles. The Bertz CT molecular complexity index is 479. The van der Waals surface area contributed by atoms with Crippen molar-refractivity contribution in [3.05, 3.63) is 48.5 Å². The highest BCUT2D eigenvalue weighted by molar-refractivity contribution is 5.27. The van der Waals surface area contributed by atoms with Crippen molar-refractivity contribution in [3.63, 3.8) is 0 Å². The molecule has 1 atom stereocenters. The smallest absolute Gasteiger partial charge is 0.119 e. The second-order valence-corrected chi connectivity index (χ2v) is 5.04. The summed E-state index contributed by atoms with van der Waals surface area (Å²) in [6.45, 7) is 3.85. The molecule has 0 saturated carbocycles. The van der Waals surface area contributed by atoms with Crippen LogP contribution in [0, 0.1) is 0 Å². The van der Waals surface area contributed by atoms with Crippen molar-refractivity contribution in [3.8, 4) is 5.75 Å². The number of nitrogens with one attached hydrogen (secondary N) is 1. The number of nitrogens with zero attached hydrogens (tertiary/aromatic N) is 2. The van der Waals surface area contributed by atoms with E-state index in [1.165, 1.54) is 5.56 Å². The van der Waals surface area contributed by atoms with Crippen LogP contribution in [0.2, 0.25) is 0 Å². The molecule has 4 nitrogen and oxygen atoms in total. The minimum atomic E-state index is 0.497. The predicted molar refractivity (Wildman–Crippen MR) is 81.0 cm³/mol. The monoisotopic (exact) mass is 273 g/mol. The van der Waals surface area contributed by atoms with Crippen molar-refractivity contribution in [1.82, 2.24) is 14.9 Å². The number of benzene rings is 1. The van der Waals surface area contributed by atoms with Crippen molar-refractivity contribution in [1.29, 1.82) is 0 Å². The molecule has 108 valence electrons. The quantitative estimate of drug-likeness (QED) is 0.751. The van der Waals surface area contributed by atoms with E-state index in [9.17, 15) is 0 Å². The number of imidazole rings is 1. The number of likely N-dealkylation sites (N-methyl/N-ethyl adjacent to an activating group) is 1. The van der Waals surface area contributed by atoms with E-state index in [0.717, 1.165) is 31.7 Å². The molecule has 20 heavy (non-hydrogen) atoms. The molecule has 1 aromatic heterocycles. The molecule has 0 amide bonds. The zero-order valence-corrected chi connectivity index (χ0v) is 12.2. The Kier molecular flexibility index (Phi) is 5.62. The lowest BCUT2D eigenvalue weighted by Crippen LogP contribution is -2.23. The first-order chi connectivity index (χ1) is 9.78. The lowest BCUT2D eigenvalue weighted by Gasteiger charge is -2.11. The van der Waals surface area contributed by atoms with E-state index in [-0.39, 0.29) is 0 Å². The van der Waals surface area contributed by atoms with Gasteiger partial charge in [-0.05, 0) is 44.5 Å². The maximum absolute atomic E-state index is 5.74. The third kappa shape index (κ3) is 4.70. The van der Waals surface area contributed by atoms with Crippen LogP contribution in [0.4, 0.5) is 0 Å². The van der Waals surface area contributed by atoms with Crippen LogP contribution in [0.1, 0.15) is 18.9 Å². The van der Waals surface area contributed by atoms with E-state index < -0.39 is 0 Å². The molecule has 4 heteroatoms. The van der Waals surface area contributed by atoms with Gasteiger partial charge in [-0.1, -0.05) is 12.1 Å². The Hall–Kier alpha value is -1.81. The zero-order chi connectivity index (χ0) is 14.2. The van der Waals surface area contributed by atoms with Crippen molar-refractivity contribution in [2.75, 3.05) is 13.7 Å². The van der Waals surface area contributed by atoms with E-state index >= 15 is 0 Å². The largest absolute Gasteiger partial charge is 0.494 e. The predicted octanol–water partition coefficient (Wildman–Crippen LogP) is 2.50. The van der Waals surface area contributed by atoms with Crippen molar-refractivity contribution in [2.24, 2.45) is 0 Å². The van der Waals surface area contributed by atoms with E-state index in [1.807, 2.05) is 19.6 Å². The molecule has 0 fully saturated rings. The third-order valence-electron chi connectivity index (χ3n) is 3.35. The fourth-order valence-electron chi connectivity index (χ4n) is 2.03. The Balaban J connectivity index is 1.70. The van der Waals surface area contributed by atoms with Gasteiger partial charge in [-0.25, -0.2) is 4.98 Å². The first-order valence-electron chi connectivity index (χ1n) is 7.12. The summed E-state index contributed by atoms with van der Waals surface area (Å²) in [5, 5.41) is 3.24. The van der Waals surface area contributed by atoms with Crippen molar-refractivity contribution >= 4 is 0 Å². The highest BCUT2D eigenvalue weighted by atomic mass is 16.5. The molecule has 1 heterocycles. The summed E-state index contributed by atoms with van der Waals surface area (Å²) in [6, 6.07) is 8.87. The first kappa shape index (κ1) is 14.6. The first-order valence-corrected chi connectivity index (χ1v) is 7.12. The van der Waals surface area contributed by atoms with Gasteiger partial charge in [0.2, 0.25) is 0 Å². The number of aromatic nitrogens is 2. The van der Waals surface area contributed by atoms with Gasteiger partial charge in [-0.3, -0.25) is 0 Å². The molecular weight excluding hydrogens is 250 g/mol. The van der Waals surface area contributed by atoms with Gasteiger partial charge in [-0.15, -0.1) is 0 Å². The molecule has 0 radical (unpaired) electrons. The molecule has 0 aliphatic rings. The summed E-state index contributed by atoms with van der Waals surface area (Å²) >= 11 is 0. The fraction of sp³-hybridized carbons (Fsp3) is 0.438. The third-order valence-corrected chi connectivity index (χ3v) is 3.35. The van der Waals surface area contributed by atoms with Gasteiger partial charge >= 0.3 is 0 Å². The molecule has 1 aromatic carbocycles. The molecule has 0 aliphatic heterocycles. The molecule has 2 rings (SSSR count). The second-order valence-electron chi connectivity index (χ2n) is 5.04. The van der Waals surface area contributed by atoms with Gasteiger partial charge < -0.3 is 14.6 Å². The number of hydrogen-bond acceptors (Lipinski definition) is 3. The average Bonchev–Trinajstić information content (AvgIpc) is 2.98. The van der Waals surface area contributed by atoms with Crippen LogP contribution in [0.25, 0.3) is 0 Å². The van der Waals surface area contributed by atoms with Gasteiger partial charge in [0.1, 0.15) is 5.75 Å². The number of aryl methyl sites for hydroxylation is 1. The number of hydrogen-bond donors (Lipinski definition) is 1. The van der Waals surface area contributed by atoms with E-state index in [2.05, 4.69) is 46.1 Å². The Morgan fingerprint density at radius 3 is 2.75 bits per heavy atom. The highest BCUT2D eigenvalue weighted by Crippen LogP contribution is 2.13. The normalized spacial score (nSPS) is 12.3. The molecule has 0 aliphatic carbocycles. The molecule has 1 N–H and O–H groups in total. The summed E-state index contributed by atoms with van der Waals surface area (Å²) in [4.78, 5) is 4.02. The van der Waals surface area contributed by atoms with Crippen LogP contribution in [-0.2, 0) is 13.0 Å². The van der Waals surface area contributed by atoms with E-state index in [1.54, 1.807) is 6.20 Å². The maximum Gasteiger partial charge on any atom is 0.119 e. The molecule has 1 unspecified atom stereocenters. The number of rotatable bonds is 8. The van der Waals surface area contributed by atoms with Gasteiger partial charge in [-0.2, -0.15) is 0 Å². The number of ether oxygens (including phenoxy) is 1. The minimum Gasteiger partial charge on any atom is -0.494 e. The van der Waals surface area contributed by atoms with Crippen LogP contribution >= 0.6 is 0 Å². The van der Waals surface area contributed by atoms with Crippen LogP contribution in [-0.4, -0.2) is 29.2 Å². The fourth-order valence-corrected chi connectivity index (χ4v) is 2.03. The Morgan fingerprint density at radius 1 is 1.30 bits per heavy atom. The summed E-state index contributed by atoms with van der Waals surface area (Å²) in [5.41, 5.74) is 1.33. The van der Waals surface area contributed by atoms with Gasteiger partial charge in [0.15, 0.2) is 0 Å². The van der Waals surface area contributed by atoms with Crippen molar-refractivity contribution < 1.29 is 4.74 Å². The zero-order valence-electron chi connectivity index (χ0n) is 12.2.